The lowest BCUT2D eigenvalue weighted by atomic mass is 10.1. The van der Waals surface area contributed by atoms with Crippen molar-refractivity contribution in [2.75, 3.05) is 13.1 Å². The Hall–Kier alpha value is -0.530. The highest BCUT2D eigenvalue weighted by Gasteiger charge is 2.00. The van der Waals surface area contributed by atoms with Gasteiger partial charge in [-0.1, -0.05) is 6.92 Å². The molecule has 1 aliphatic heterocycles. The maximum absolute atomic E-state index is 4.12. The summed E-state index contributed by atoms with van der Waals surface area (Å²) in [6.45, 7) is 4.31. The van der Waals surface area contributed by atoms with E-state index in [0.29, 0.717) is 0 Å². The van der Waals surface area contributed by atoms with Gasteiger partial charge in [0.2, 0.25) is 0 Å². The molecule has 0 radical (unpaired) electrons. The molecule has 0 aromatic carbocycles. The van der Waals surface area contributed by atoms with E-state index < -0.39 is 0 Å². The second-order valence-corrected chi connectivity index (χ2v) is 2.34. The minimum Gasteiger partial charge on any atom is -0.376 e. The molecule has 0 aromatic rings. The lowest BCUT2D eigenvalue weighted by Gasteiger charge is -2.01. The fourth-order valence-electron chi connectivity index (χ4n) is 0.783. The van der Waals surface area contributed by atoms with Gasteiger partial charge in [0, 0.05) is 13.1 Å². The molecule has 46 valence electrons. The summed E-state index contributed by atoms with van der Waals surface area (Å²) in [5.41, 5.74) is 0. The average molecular weight is 112 g/mol. The van der Waals surface area contributed by atoms with Gasteiger partial charge in [-0.2, -0.15) is 0 Å². The molecule has 8 heavy (non-hydrogen) atoms. The van der Waals surface area contributed by atoms with Gasteiger partial charge in [-0.05, 0) is 12.3 Å². The van der Waals surface area contributed by atoms with E-state index in [0.717, 1.165) is 19.0 Å². The minimum atomic E-state index is 0.765. The molecule has 0 amide bonds. The molecule has 1 unspecified atom stereocenters. The van der Waals surface area contributed by atoms with E-state index in [2.05, 4.69) is 17.2 Å². The SMILES string of the molecule is CC1CCNC=NC1. The van der Waals surface area contributed by atoms with Crippen molar-refractivity contribution >= 4 is 6.34 Å². The zero-order valence-corrected chi connectivity index (χ0v) is 5.22. The van der Waals surface area contributed by atoms with Crippen molar-refractivity contribution in [3.05, 3.63) is 0 Å². The van der Waals surface area contributed by atoms with Crippen LogP contribution in [0.2, 0.25) is 0 Å². The standard InChI is InChI=1S/C6H12N2/c1-6-2-3-7-5-8-4-6/h5-6H,2-4H2,1H3,(H,7,8). The van der Waals surface area contributed by atoms with Gasteiger partial charge in [0.1, 0.15) is 0 Å². The molecular weight excluding hydrogens is 100 g/mol. The quantitative estimate of drug-likeness (QED) is 0.488. The van der Waals surface area contributed by atoms with Gasteiger partial charge in [0.05, 0.1) is 6.34 Å². The highest BCUT2D eigenvalue weighted by atomic mass is 14.9. The molecule has 1 atom stereocenters. The Balaban J connectivity index is 2.30. The molecule has 2 nitrogen and oxygen atoms in total. The minimum absolute atomic E-state index is 0.765. The molecule has 1 aliphatic rings. The summed E-state index contributed by atoms with van der Waals surface area (Å²) in [4.78, 5) is 4.12. The number of hydrogen-bond acceptors (Lipinski definition) is 2. The molecule has 0 aromatic heterocycles. The highest BCUT2D eigenvalue weighted by Crippen LogP contribution is 2.01. The fourth-order valence-corrected chi connectivity index (χ4v) is 0.783. The van der Waals surface area contributed by atoms with Crippen molar-refractivity contribution in [2.24, 2.45) is 10.9 Å². The molecular formula is C6H12N2. The average Bonchev–Trinajstić information content (AvgIpc) is 1.94. The molecule has 0 aliphatic carbocycles. The number of nitrogens with one attached hydrogen (secondary N) is 1. The van der Waals surface area contributed by atoms with Crippen LogP contribution >= 0.6 is 0 Å². The molecule has 0 saturated heterocycles. The summed E-state index contributed by atoms with van der Waals surface area (Å²) in [6.07, 6.45) is 3.06. The zero-order valence-electron chi connectivity index (χ0n) is 5.22. The predicted molar refractivity (Wildman–Crippen MR) is 35.1 cm³/mol. The molecule has 1 N–H and O–H groups in total. The smallest absolute Gasteiger partial charge is 0.0823 e. The molecule has 2 heteroatoms. The van der Waals surface area contributed by atoms with Crippen LogP contribution in [0.5, 0.6) is 0 Å². The monoisotopic (exact) mass is 112 g/mol. The summed E-state index contributed by atoms with van der Waals surface area (Å²) in [7, 11) is 0. The van der Waals surface area contributed by atoms with Gasteiger partial charge in [0.25, 0.3) is 0 Å². The number of aliphatic imine (C=N–C) groups is 1. The Bertz CT molecular complexity index is 88.5. The van der Waals surface area contributed by atoms with E-state index in [1.165, 1.54) is 6.42 Å². The van der Waals surface area contributed by atoms with Crippen LogP contribution in [-0.4, -0.2) is 19.4 Å². The maximum atomic E-state index is 4.12. The summed E-state index contributed by atoms with van der Waals surface area (Å²) in [6, 6.07) is 0. The van der Waals surface area contributed by atoms with Gasteiger partial charge in [0.15, 0.2) is 0 Å². The normalized spacial score (nSPS) is 28.9. The van der Waals surface area contributed by atoms with Gasteiger partial charge in [-0.15, -0.1) is 0 Å². The van der Waals surface area contributed by atoms with Crippen molar-refractivity contribution < 1.29 is 0 Å². The van der Waals surface area contributed by atoms with E-state index in [-0.39, 0.29) is 0 Å². The summed E-state index contributed by atoms with van der Waals surface area (Å²) in [5, 5.41) is 3.09. The van der Waals surface area contributed by atoms with E-state index in [1.807, 2.05) is 6.34 Å². The second kappa shape index (κ2) is 2.70. The summed E-state index contributed by atoms with van der Waals surface area (Å²) >= 11 is 0. The first-order valence-electron chi connectivity index (χ1n) is 3.11. The van der Waals surface area contributed by atoms with E-state index >= 15 is 0 Å². The molecule has 0 spiro atoms. The first-order chi connectivity index (χ1) is 3.89. The number of hydrogen-bond donors (Lipinski definition) is 1. The Labute approximate surface area is 50.0 Å². The Morgan fingerprint density at radius 2 is 2.62 bits per heavy atom. The van der Waals surface area contributed by atoms with Crippen LogP contribution in [0.25, 0.3) is 0 Å². The molecule has 0 bridgehead atoms. The maximum Gasteiger partial charge on any atom is 0.0823 e. The lowest BCUT2D eigenvalue weighted by molar-refractivity contribution is 0.557. The van der Waals surface area contributed by atoms with Crippen LogP contribution in [0.1, 0.15) is 13.3 Å². The van der Waals surface area contributed by atoms with Crippen molar-refractivity contribution in [1.29, 1.82) is 0 Å². The van der Waals surface area contributed by atoms with Crippen LogP contribution in [-0.2, 0) is 0 Å². The molecule has 1 rings (SSSR count). The van der Waals surface area contributed by atoms with Gasteiger partial charge < -0.3 is 5.32 Å². The van der Waals surface area contributed by atoms with Crippen molar-refractivity contribution in [3.8, 4) is 0 Å². The van der Waals surface area contributed by atoms with Crippen LogP contribution in [0.3, 0.4) is 0 Å². The first kappa shape index (κ1) is 5.60. The van der Waals surface area contributed by atoms with E-state index in [4.69, 9.17) is 0 Å². The fraction of sp³-hybridized carbons (Fsp3) is 0.833. The third-order valence-electron chi connectivity index (χ3n) is 1.38. The van der Waals surface area contributed by atoms with Crippen LogP contribution in [0, 0.1) is 5.92 Å². The molecule has 0 fully saturated rings. The molecule has 0 saturated carbocycles. The van der Waals surface area contributed by atoms with Crippen LogP contribution < -0.4 is 5.32 Å². The summed E-state index contributed by atoms with van der Waals surface area (Å²) < 4.78 is 0. The van der Waals surface area contributed by atoms with Crippen molar-refractivity contribution in [3.63, 3.8) is 0 Å². The Kier molecular flexibility index (Phi) is 1.89. The lowest BCUT2D eigenvalue weighted by Crippen LogP contribution is -2.11. The number of nitrogens with zero attached hydrogens (tertiary/aromatic N) is 1. The van der Waals surface area contributed by atoms with Gasteiger partial charge in [-0.25, -0.2) is 0 Å². The van der Waals surface area contributed by atoms with Crippen LogP contribution in [0.15, 0.2) is 4.99 Å². The van der Waals surface area contributed by atoms with E-state index in [1.54, 1.807) is 0 Å². The van der Waals surface area contributed by atoms with Crippen LogP contribution in [0.4, 0.5) is 0 Å². The Morgan fingerprint density at radius 1 is 1.75 bits per heavy atom. The van der Waals surface area contributed by atoms with Crippen molar-refractivity contribution in [1.82, 2.24) is 5.32 Å². The first-order valence-corrected chi connectivity index (χ1v) is 3.11. The third kappa shape index (κ3) is 1.52. The highest BCUT2D eigenvalue weighted by molar-refractivity contribution is 5.54. The Morgan fingerprint density at radius 3 is 3.50 bits per heavy atom. The van der Waals surface area contributed by atoms with Gasteiger partial charge in [-0.3, -0.25) is 4.99 Å². The summed E-state index contributed by atoms with van der Waals surface area (Å²) in [5.74, 6) is 0.765. The number of rotatable bonds is 0. The predicted octanol–water partition coefficient (Wildman–Crippen LogP) is 0.644. The molecule has 1 heterocycles. The van der Waals surface area contributed by atoms with E-state index in [9.17, 15) is 0 Å². The van der Waals surface area contributed by atoms with Crippen molar-refractivity contribution in [2.45, 2.75) is 13.3 Å². The topological polar surface area (TPSA) is 24.4 Å². The second-order valence-electron chi connectivity index (χ2n) is 2.34. The van der Waals surface area contributed by atoms with Gasteiger partial charge >= 0.3 is 0 Å². The largest absolute Gasteiger partial charge is 0.376 e. The zero-order chi connectivity index (χ0) is 5.82. The third-order valence-corrected chi connectivity index (χ3v) is 1.38.